The lowest BCUT2D eigenvalue weighted by molar-refractivity contribution is 0.456. The zero-order chi connectivity index (χ0) is 15.9. The quantitative estimate of drug-likeness (QED) is 0.436. The molecule has 1 saturated heterocycles. The van der Waals surface area contributed by atoms with Crippen LogP contribution in [0.15, 0.2) is 58.1 Å². The van der Waals surface area contributed by atoms with E-state index in [9.17, 15) is 0 Å². The number of nitrogens with one attached hydrogen (secondary N) is 1. The average molecular weight is 439 g/mol. The molecule has 4 nitrogen and oxygen atoms in total. The molecule has 1 aromatic heterocycles. The Bertz CT molecular complexity index is 613. The smallest absolute Gasteiger partial charge is 0.194 e. The van der Waals surface area contributed by atoms with Gasteiger partial charge in [0.2, 0.25) is 0 Å². The summed E-state index contributed by atoms with van der Waals surface area (Å²) in [5, 5.41) is 3.41. The summed E-state index contributed by atoms with van der Waals surface area (Å²) < 4.78 is 5.37. The van der Waals surface area contributed by atoms with E-state index in [0.29, 0.717) is 12.5 Å². The average Bonchev–Trinajstić information content (AvgIpc) is 3.24. The predicted octanol–water partition coefficient (Wildman–Crippen LogP) is 3.93. The van der Waals surface area contributed by atoms with E-state index in [1.807, 2.05) is 12.1 Å². The zero-order valence-electron chi connectivity index (χ0n) is 14.1. The van der Waals surface area contributed by atoms with Gasteiger partial charge in [-0.05, 0) is 43.4 Å². The Kier molecular flexibility index (Phi) is 7.62. The van der Waals surface area contributed by atoms with Crippen LogP contribution in [0.25, 0.3) is 0 Å². The molecular weight excluding hydrogens is 413 g/mol. The number of hydrogen-bond acceptors (Lipinski definition) is 2. The fourth-order valence-electron chi connectivity index (χ4n) is 3.12. The van der Waals surface area contributed by atoms with Gasteiger partial charge in [-0.3, -0.25) is 0 Å². The molecule has 1 aliphatic heterocycles. The third-order valence-corrected chi connectivity index (χ3v) is 4.25. The third kappa shape index (κ3) is 5.26. The van der Waals surface area contributed by atoms with E-state index in [0.717, 1.165) is 37.8 Å². The van der Waals surface area contributed by atoms with E-state index in [4.69, 9.17) is 9.41 Å². The van der Waals surface area contributed by atoms with E-state index >= 15 is 0 Å². The minimum atomic E-state index is 0. The number of nitrogens with zero attached hydrogens (tertiary/aromatic N) is 2. The van der Waals surface area contributed by atoms with E-state index < -0.39 is 0 Å². The molecule has 3 rings (SSSR count). The molecule has 2 heterocycles. The lowest BCUT2D eigenvalue weighted by Gasteiger charge is -2.21. The molecule has 130 valence electrons. The molecule has 0 saturated carbocycles. The Balaban J connectivity index is 0.00000208. The number of halogens is 1. The summed E-state index contributed by atoms with van der Waals surface area (Å²) in [6.07, 6.45) is 4.07. The second-order valence-corrected chi connectivity index (χ2v) is 6.04. The molecule has 24 heavy (non-hydrogen) atoms. The Hall–Kier alpha value is -1.50. The molecule has 1 N–H and O–H groups in total. The minimum absolute atomic E-state index is 0. The summed E-state index contributed by atoms with van der Waals surface area (Å²) in [4.78, 5) is 7.09. The van der Waals surface area contributed by atoms with Crippen molar-refractivity contribution in [2.24, 2.45) is 10.9 Å². The number of furan rings is 1. The van der Waals surface area contributed by atoms with E-state index in [1.165, 1.54) is 12.0 Å². The summed E-state index contributed by atoms with van der Waals surface area (Å²) in [6, 6.07) is 14.6. The Morgan fingerprint density at radius 1 is 1.25 bits per heavy atom. The summed E-state index contributed by atoms with van der Waals surface area (Å²) in [6.45, 7) is 5.73. The minimum Gasteiger partial charge on any atom is -0.467 e. The van der Waals surface area contributed by atoms with Gasteiger partial charge in [-0.1, -0.05) is 30.3 Å². The molecule has 1 unspecified atom stereocenters. The van der Waals surface area contributed by atoms with Crippen LogP contribution in [-0.4, -0.2) is 30.5 Å². The van der Waals surface area contributed by atoms with Crippen LogP contribution in [-0.2, 0) is 13.0 Å². The number of hydrogen-bond donors (Lipinski definition) is 1. The fourth-order valence-corrected chi connectivity index (χ4v) is 3.12. The topological polar surface area (TPSA) is 40.8 Å². The van der Waals surface area contributed by atoms with Crippen molar-refractivity contribution in [1.82, 2.24) is 10.2 Å². The summed E-state index contributed by atoms with van der Waals surface area (Å²) in [7, 11) is 0. The number of benzene rings is 1. The lowest BCUT2D eigenvalue weighted by atomic mass is 9.99. The molecule has 0 radical (unpaired) electrons. The van der Waals surface area contributed by atoms with Crippen molar-refractivity contribution in [2.45, 2.75) is 26.3 Å². The maximum Gasteiger partial charge on any atom is 0.194 e. The molecule has 5 heteroatoms. The van der Waals surface area contributed by atoms with Gasteiger partial charge in [-0.2, -0.15) is 0 Å². The zero-order valence-corrected chi connectivity index (χ0v) is 16.5. The Morgan fingerprint density at radius 2 is 2.08 bits per heavy atom. The second kappa shape index (κ2) is 9.71. The van der Waals surface area contributed by atoms with Crippen molar-refractivity contribution in [2.75, 3.05) is 19.6 Å². The highest BCUT2D eigenvalue weighted by Gasteiger charge is 2.24. The normalized spacial score (nSPS) is 17.6. The molecule has 1 fully saturated rings. The first-order chi connectivity index (χ1) is 11.3. The molecule has 0 aliphatic carbocycles. The second-order valence-electron chi connectivity index (χ2n) is 6.04. The van der Waals surface area contributed by atoms with Crippen molar-refractivity contribution in [3.63, 3.8) is 0 Å². The molecule has 0 bridgehead atoms. The van der Waals surface area contributed by atoms with Gasteiger partial charge in [0.1, 0.15) is 12.3 Å². The SMILES string of the molecule is CCNC(=NCc1ccco1)N1CCC(Cc2ccccc2)C1.I. The summed E-state index contributed by atoms with van der Waals surface area (Å²) >= 11 is 0. The highest BCUT2D eigenvalue weighted by atomic mass is 127. The molecular formula is C19H26IN3O. The molecule has 0 amide bonds. The fraction of sp³-hybridized carbons (Fsp3) is 0.421. The van der Waals surface area contributed by atoms with Crippen molar-refractivity contribution in [3.05, 3.63) is 60.1 Å². The van der Waals surface area contributed by atoms with Gasteiger partial charge < -0.3 is 14.6 Å². The van der Waals surface area contributed by atoms with Crippen LogP contribution in [0.3, 0.4) is 0 Å². The van der Waals surface area contributed by atoms with Crippen LogP contribution in [0.1, 0.15) is 24.7 Å². The Labute approximate surface area is 161 Å². The van der Waals surface area contributed by atoms with Crippen LogP contribution in [0.5, 0.6) is 0 Å². The summed E-state index contributed by atoms with van der Waals surface area (Å²) in [5.41, 5.74) is 1.43. The molecule has 0 spiro atoms. The van der Waals surface area contributed by atoms with Crippen LogP contribution in [0.4, 0.5) is 0 Å². The van der Waals surface area contributed by atoms with Gasteiger partial charge >= 0.3 is 0 Å². The van der Waals surface area contributed by atoms with Crippen molar-refractivity contribution in [3.8, 4) is 0 Å². The molecule has 1 aliphatic rings. The maximum absolute atomic E-state index is 5.37. The monoisotopic (exact) mass is 439 g/mol. The van der Waals surface area contributed by atoms with E-state index in [2.05, 4.69) is 47.5 Å². The maximum atomic E-state index is 5.37. The van der Waals surface area contributed by atoms with Gasteiger partial charge in [0.05, 0.1) is 6.26 Å². The van der Waals surface area contributed by atoms with Crippen LogP contribution in [0, 0.1) is 5.92 Å². The Morgan fingerprint density at radius 3 is 2.79 bits per heavy atom. The van der Waals surface area contributed by atoms with Crippen molar-refractivity contribution >= 4 is 29.9 Å². The van der Waals surface area contributed by atoms with Gasteiger partial charge in [0.25, 0.3) is 0 Å². The van der Waals surface area contributed by atoms with Gasteiger partial charge in [-0.25, -0.2) is 4.99 Å². The van der Waals surface area contributed by atoms with E-state index in [1.54, 1.807) is 6.26 Å². The lowest BCUT2D eigenvalue weighted by Crippen LogP contribution is -2.40. The van der Waals surface area contributed by atoms with Crippen LogP contribution < -0.4 is 5.32 Å². The summed E-state index contributed by atoms with van der Waals surface area (Å²) in [5.74, 6) is 2.60. The highest BCUT2D eigenvalue weighted by Crippen LogP contribution is 2.21. The van der Waals surface area contributed by atoms with Crippen LogP contribution >= 0.6 is 24.0 Å². The number of rotatable bonds is 5. The van der Waals surface area contributed by atoms with Crippen molar-refractivity contribution < 1.29 is 4.42 Å². The standard InChI is InChI=1S/C19H25N3O.HI/c1-2-20-19(21-14-18-9-6-12-23-18)22-11-10-17(15-22)13-16-7-4-3-5-8-16;/h3-9,12,17H,2,10-11,13-15H2,1H3,(H,20,21);1H. The van der Waals surface area contributed by atoms with Gasteiger partial charge in [-0.15, -0.1) is 24.0 Å². The number of likely N-dealkylation sites (tertiary alicyclic amines) is 1. The van der Waals surface area contributed by atoms with Gasteiger partial charge in [0, 0.05) is 19.6 Å². The van der Waals surface area contributed by atoms with Gasteiger partial charge in [0.15, 0.2) is 5.96 Å². The third-order valence-electron chi connectivity index (χ3n) is 4.25. The predicted molar refractivity (Wildman–Crippen MR) is 109 cm³/mol. The highest BCUT2D eigenvalue weighted by molar-refractivity contribution is 14.0. The molecule has 2 aromatic rings. The first-order valence-corrected chi connectivity index (χ1v) is 8.44. The molecule has 1 aromatic carbocycles. The first-order valence-electron chi connectivity index (χ1n) is 8.44. The van der Waals surface area contributed by atoms with Crippen LogP contribution in [0.2, 0.25) is 0 Å². The van der Waals surface area contributed by atoms with Crippen molar-refractivity contribution in [1.29, 1.82) is 0 Å². The largest absolute Gasteiger partial charge is 0.467 e. The van der Waals surface area contributed by atoms with E-state index in [-0.39, 0.29) is 24.0 Å². The first kappa shape index (κ1) is 18.8. The number of aliphatic imine (C=N–C) groups is 1. The molecule has 1 atom stereocenters. The number of guanidine groups is 1.